The monoisotopic (exact) mass is 344 g/mol. The highest BCUT2D eigenvalue weighted by molar-refractivity contribution is 6.09. The first kappa shape index (κ1) is 15.9. The van der Waals surface area contributed by atoms with E-state index in [1.54, 1.807) is 48.4 Å². The molecule has 7 nitrogen and oxygen atoms in total. The molecule has 0 spiro atoms. The molecule has 0 aliphatic heterocycles. The first-order chi connectivity index (χ1) is 12.6. The Morgan fingerprint density at radius 3 is 2.73 bits per heavy atom. The third-order valence-corrected chi connectivity index (χ3v) is 4.05. The van der Waals surface area contributed by atoms with Crippen LogP contribution in [0.2, 0.25) is 0 Å². The second kappa shape index (κ2) is 6.36. The summed E-state index contributed by atoms with van der Waals surface area (Å²) in [4.78, 5) is 27.4. The van der Waals surface area contributed by atoms with Crippen LogP contribution in [0.25, 0.3) is 17.0 Å². The molecule has 26 heavy (non-hydrogen) atoms. The maximum Gasteiger partial charge on any atom is 0.263 e. The van der Waals surface area contributed by atoms with Gasteiger partial charge >= 0.3 is 0 Å². The molecule has 7 heteroatoms. The molecule has 0 radical (unpaired) electrons. The van der Waals surface area contributed by atoms with Crippen LogP contribution in [0.15, 0.2) is 61.1 Å². The molecule has 0 unspecified atom stereocenters. The quantitative estimate of drug-likeness (QED) is 0.571. The van der Waals surface area contributed by atoms with E-state index in [0.29, 0.717) is 22.9 Å². The van der Waals surface area contributed by atoms with Gasteiger partial charge in [-0.1, -0.05) is 6.07 Å². The van der Waals surface area contributed by atoms with E-state index in [1.165, 1.54) is 4.90 Å². The summed E-state index contributed by atoms with van der Waals surface area (Å²) < 4.78 is 1.62. The minimum absolute atomic E-state index is 0.195. The van der Waals surface area contributed by atoms with Crippen LogP contribution in [0.4, 0.5) is 5.82 Å². The van der Waals surface area contributed by atoms with Gasteiger partial charge in [0.05, 0.1) is 5.56 Å². The minimum atomic E-state index is -0.195. The van der Waals surface area contributed by atoms with Crippen molar-refractivity contribution >= 4 is 17.4 Å². The summed E-state index contributed by atoms with van der Waals surface area (Å²) in [5.74, 6) is 0.930. The van der Waals surface area contributed by atoms with Crippen molar-refractivity contribution in [3.63, 3.8) is 0 Å². The van der Waals surface area contributed by atoms with Gasteiger partial charge in [-0.25, -0.2) is 14.5 Å². The molecule has 1 amide bonds. The SMILES string of the molecule is Cc1cc(-c2nc3c(C(=O)N(C)c4ccccn4)cccn3n2)ccn1. The predicted molar refractivity (Wildman–Crippen MR) is 97.9 cm³/mol. The summed E-state index contributed by atoms with van der Waals surface area (Å²) in [5, 5.41) is 4.49. The summed E-state index contributed by atoms with van der Waals surface area (Å²) in [6.45, 7) is 1.91. The zero-order valence-electron chi connectivity index (χ0n) is 14.4. The Morgan fingerprint density at radius 1 is 1.08 bits per heavy atom. The standard InChI is InChI=1S/C19H16N6O/c1-13-12-14(8-10-20-13)17-22-18-15(6-5-11-25(18)23-17)19(26)24(2)16-7-3-4-9-21-16/h3-12H,1-2H3. The number of anilines is 1. The molecule has 0 fully saturated rings. The number of amides is 1. The predicted octanol–water partition coefficient (Wildman–Crippen LogP) is 2.77. The summed E-state index contributed by atoms with van der Waals surface area (Å²) in [6.07, 6.45) is 5.15. The average molecular weight is 344 g/mol. The number of pyridine rings is 3. The molecule has 0 atom stereocenters. The van der Waals surface area contributed by atoms with Crippen molar-refractivity contribution in [1.29, 1.82) is 0 Å². The van der Waals surface area contributed by atoms with Gasteiger partial charge in [-0.2, -0.15) is 0 Å². The van der Waals surface area contributed by atoms with E-state index in [4.69, 9.17) is 0 Å². The maximum absolute atomic E-state index is 13.0. The van der Waals surface area contributed by atoms with Crippen molar-refractivity contribution in [2.24, 2.45) is 0 Å². The van der Waals surface area contributed by atoms with Gasteiger partial charge < -0.3 is 0 Å². The molecule has 4 rings (SSSR count). The summed E-state index contributed by atoms with van der Waals surface area (Å²) in [5.41, 5.74) is 2.71. The van der Waals surface area contributed by atoms with E-state index in [2.05, 4.69) is 20.1 Å². The Bertz CT molecular complexity index is 1090. The largest absolute Gasteiger partial charge is 0.296 e. The summed E-state index contributed by atoms with van der Waals surface area (Å²) >= 11 is 0. The lowest BCUT2D eigenvalue weighted by Gasteiger charge is -2.16. The third-order valence-electron chi connectivity index (χ3n) is 4.05. The number of carbonyl (C=O) groups is 1. The highest BCUT2D eigenvalue weighted by atomic mass is 16.2. The van der Waals surface area contributed by atoms with Gasteiger partial charge in [0.25, 0.3) is 5.91 Å². The zero-order chi connectivity index (χ0) is 18.1. The molecule has 0 aliphatic rings. The summed E-state index contributed by atoms with van der Waals surface area (Å²) in [7, 11) is 1.69. The molecule has 0 saturated heterocycles. The van der Waals surface area contributed by atoms with E-state index in [1.807, 2.05) is 31.2 Å². The van der Waals surface area contributed by atoms with Gasteiger partial charge in [0, 0.05) is 36.9 Å². The van der Waals surface area contributed by atoms with Crippen LogP contribution in [-0.4, -0.2) is 37.5 Å². The molecule has 0 aromatic carbocycles. The van der Waals surface area contributed by atoms with Crippen LogP contribution in [0.3, 0.4) is 0 Å². The highest BCUT2D eigenvalue weighted by Gasteiger charge is 2.19. The molecular weight excluding hydrogens is 328 g/mol. The van der Waals surface area contributed by atoms with Crippen molar-refractivity contribution in [2.45, 2.75) is 6.92 Å². The Morgan fingerprint density at radius 2 is 1.96 bits per heavy atom. The zero-order valence-corrected chi connectivity index (χ0v) is 14.4. The average Bonchev–Trinajstić information content (AvgIpc) is 3.12. The van der Waals surface area contributed by atoms with Crippen molar-refractivity contribution in [3.8, 4) is 11.4 Å². The fraction of sp³-hybridized carbons (Fsp3) is 0.105. The van der Waals surface area contributed by atoms with Crippen molar-refractivity contribution in [2.75, 3.05) is 11.9 Å². The van der Waals surface area contributed by atoms with Gasteiger partial charge in [0.15, 0.2) is 11.5 Å². The van der Waals surface area contributed by atoms with Gasteiger partial charge in [-0.05, 0) is 43.3 Å². The third kappa shape index (κ3) is 2.79. The Hall–Kier alpha value is -3.61. The number of rotatable bonds is 3. The first-order valence-electron chi connectivity index (χ1n) is 8.11. The molecule has 0 N–H and O–H groups in total. The number of carbonyl (C=O) groups excluding carboxylic acids is 1. The Labute approximate surface area is 150 Å². The Kier molecular flexibility index (Phi) is 3.89. The number of aryl methyl sites for hydroxylation is 1. The van der Waals surface area contributed by atoms with Crippen LogP contribution in [0.5, 0.6) is 0 Å². The number of fused-ring (bicyclic) bond motifs is 1. The summed E-state index contributed by atoms with van der Waals surface area (Å²) in [6, 6.07) is 12.7. The van der Waals surface area contributed by atoms with E-state index < -0.39 is 0 Å². The van der Waals surface area contributed by atoms with Gasteiger partial charge in [-0.3, -0.25) is 14.7 Å². The molecule has 4 aromatic rings. The van der Waals surface area contributed by atoms with E-state index in [0.717, 1.165) is 11.3 Å². The minimum Gasteiger partial charge on any atom is -0.296 e. The molecule has 4 heterocycles. The van der Waals surface area contributed by atoms with Crippen LogP contribution in [0, 0.1) is 6.92 Å². The molecule has 0 bridgehead atoms. The van der Waals surface area contributed by atoms with Crippen molar-refractivity contribution in [1.82, 2.24) is 24.6 Å². The van der Waals surface area contributed by atoms with E-state index in [-0.39, 0.29) is 5.91 Å². The Balaban J connectivity index is 1.77. The molecule has 0 saturated carbocycles. The van der Waals surface area contributed by atoms with Crippen molar-refractivity contribution in [3.05, 3.63) is 72.3 Å². The van der Waals surface area contributed by atoms with Crippen LogP contribution < -0.4 is 4.90 Å². The number of hydrogen-bond donors (Lipinski definition) is 0. The lowest BCUT2D eigenvalue weighted by molar-refractivity contribution is 0.0993. The number of nitrogens with zero attached hydrogens (tertiary/aromatic N) is 6. The first-order valence-corrected chi connectivity index (χ1v) is 8.11. The van der Waals surface area contributed by atoms with E-state index >= 15 is 0 Å². The van der Waals surface area contributed by atoms with Crippen LogP contribution >= 0.6 is 0 Å². The fourth-order valence-electron chi connectivity index (χ4n) is 2.72. The normalized spacial score (nSPS) is 10.8. The lowest BCUT2D eigenvalue weighted by atomic mass is 10.2. The van der Waals surface area contributed by atoms with Gasteiger partial charge in [-0.15, -0.1) is 5.10 Å². The van der Waals surface area contributed by atoms with Gasteiger partial charge in [0.1, 0.15) is 5.82 Å². The van der Waals surface area contributed by atoms with Gasteiger partial charge in [0.2, 0.25) is 0 Å². The van der Waals surface area contributed by atoms with Crippen LogP contribution in [-0.2, 0) is 0 Å². The molecule has 4 aromatic heterocycles. The molecule has 0 aliphatic carbocycles. The van der Waals surface area contributed by atoms with Crippen molar-refractivity contribution < 1.29 is 4.79 Å². The van der Waals surface area contributed by atoms with E-state index in [9.17, 15) is 4.79 Å². The van der Waals surface area contributed by atoms with Crippen LogP contribution in [0.1, 0.15) is 16.1 Å². The maximum atomic E-state index is 13.0. The smallest absolute Gasteiger partial charge is 0.263 e. The molecule has 128 valence electrons. The second-order valence-corrected chi connectivity index (χ2v) is 5.86. The topological polar surface area (TPSA) is 76.3 Å². The fourth-order valence-corrected chi connectivity index (χ4v) is 2.72. The number of hydrogen-bond acceptors (Lipinski definition) is 5. The molecular formula is C19H16N6O. The lowest BCUT2D eigenvalue weighted by Crippen LogP contribution is -2.27. The number of aromatic nitrogens is 5. The second-order valence-electron chi connectivity index (χ2n) is 5.86. The highest BCUT2D eigenvalue weighted by Crippen LogP contribution is 2.20.